The van der Waals surface area contributed by atoms with Crippen molar-refractivity contribution in [3.63, 3.8) is 0 Å². The Labute approximate surface area is 148 Å². The van der Waals surface area contributed by atoms with Crippen molar-refractivity contribution in [2.75, 3.05) is 5.32 Å². The summed E-state index contributed by atoms with van der Waals surface area (Å²) in [6, 6.07) is 5.62. The first kappa shape index (κ1) is 18.4. The molecule has 11 heteroatoms. The Balaban J connectivity index is 1.78. The smallest absolute Gasteiger partial charge is 0.304 e. The van der Waals surface area contributed by atoms with E-state index in [1.807, 2.05) is 0 Å². The molecule has 3 rings (SSSR count). The number of hydrogen-bond acceptors (Lipinski definition) is 4. The normalized spacial score (nSPS) is 11.6. The molecule has 0 saturated carbocycles. The van der Waals surface area contributed by atoms with Gasteiger partial charge >= 0.3 is 12.7 Å². The predicted octanol–water partition coefficient (Wildman–Crippen LogP) is 4.01. The summed E-state index contributed by atoms with van der Waals surface area (Å²) >= 11 is 0. The highest BCUT2D eigenvalue weighted by atomic mass is 19.4. The van der Waals surface area contributed by atoms with E-state index in [1.165, 1.54) is 12.1 Å². The molecule has 2 heterocycles. The summed E-state index contributed by atoms with van der Waals surface area (Å²) in [4.78, 5) is 19.8. The number of benzene rings is 1. The van der Waals surface area contributed by atoms with Crippen LogP contribution in [-0.4, -0.2) is 25.7 Å². The molecule has 27 heavy (non-hydrogen) atoms. The van der Waals surface area contributed by atoms with Gasteiger partial charge in [-0.2, -0.15) is 31.7 Å². The fraction of sp³-hybridized carbons (Fsp3) is 0.125. The van der Waals surface area contributed by atoms with E-state index in [0.717, 1.165) is 36.8 Å². The van der Waals surface area contributed by atoms with Gasteiger partial charge in [0.2, 0.25) is 0 Å². The molecule has 0 radical (unpaired) electrons. The molecule has 0 spiro atoms. The molecule has 0 atom stereocenters. The highest BCUT2D eigenvalue weighted by molar-refractivity contribution is 6.02. The summed E-state index contributed by atoms with van der Waals surface area (Å²) in [5.74, 6) is -0.938. The van der Waals surface area contributed by atoms with Crippen molar-refractivity contribution in [2.24, 2.45) is 0 Å². The molecule has 1 aromatic carbocycles. The standard InChI is InChI=1S/C16H10F5N5O/c17-15(18)26-12(4-5-24-26)14(27)25-13-8-22-11(7-23-13)9-2-1-3-10(6-9)16(19,20)21/h1-8,15H,(H,23,25,27). The molecule has 0 saturated heterocycles. The molecular weight excluding hydrogens is 373 g/mol. The van der Waals surface area contributed by atoms with Gasteiger partial charge in [0.15, 0.2) is 5.82 Å². The summed E-state index contributed by atoms with van der Waals surface area (Å²) < 4.78 is 64.0. The number of nitrogens with one attached hydrogen (secondary N) is 1. The first-order valence-electron chi connectivity index (χ1n) is 7.38. The van der Waals surface area contributed by atoms with E-state index < -0.39 is 24.2 Å². The third-order valence-corrected chi connectivity index (χ3v) is 3.47. The third kappa shape index (κ3) is 4.07. The lowest BCUT2D eigenvalue weighted by molar-refractivity contribution is -0.137. The maximum atomic E-state index is 12.8. The quantitative estimate of drug-likeness (QED) is 0.691. The lowest BCUT2D eigenvalue weighted by Gasteiger charge is -2.09. The monoisotopic (exact) mass is 383 g/mol. The van der Waals surface area contributed by atoms with Crippen LogP contribution < -0.4 is 5.32 Å². The Kier molecular flexibility index (Phi) is 4.84. The zero-order valence-corrected chi connectivity index (χ0v) is 13.3. The number of nitrogens with zero attached hydrogens (tertiary/aromatic N) is 4. The molecule has 0 aliphatic heterocycles. The number of alkyl halides is 5. The molecule has 2 aromatic heterocycles. The van der Waals surface area contributed by atoms with Crippen LogP contribution in [0.15, 0.2) is 48.9 Å². The van der Waals surface area contributed by atoms with E-state index in [4.69, 9.17) is 0 Å². The Morgan fingerprint density at radius 2 is 1.89 bits per heavy atom. The van der Waals surface area contributed by atoms with E-state index in [9.17, 15) is 26.7 Å². The van der Waals surface area contributed by atoms with Crippen LogP contribution in [0.25, 0.3) is 11.3 Å². The molecule has 0 bridgehead atoms. The molecule has 0 aliphatic carbocycles. The third-order valence-electron chi connectivity index (χ3n) is 3.47. The second-order valence-electron chi connectivity index (χ2n) is 5.26. The van der Waals surface area contributed by atoms with Crippen LogP contribution in [0.2, 0.25) is 0 Å². The van der Waals surface area contributed by atoms with Crippen molar-refractivity contribution in [3.8, 4) is 11.3 Å². The van der Waals surface area contributed by atoms with Gasteiger partial charge in [-0.25, -0.2) is 4.98 Å². The highest BCUT2D eigenvalue weighted by Crippen LogP contribution is 2.31. The summed E-state index contributed by atoms with van der Waals surface area (Å²) in [5, 5.41) is 5.61. The SMILES string of the molecule is O=C(Nc1cnc(-c2cccc(C(F)(F)F)c2)cn1)c1ccnn1C(F)F. The Bertz CT molecular complexity index is 952. The topological polar surface area (TPSA) is 72.7 Å². The van der Waals surface area contributed by atoms with Gasteiger partial charge in [0.05, 0.1) is 23.7 Å². The second kappa shape index (κ2) is 7.09. The summed E-state index contributed by atoms with van der Waals surface area (Å²) in [7, 11) is 0. The van der Waals surface area contributed by atoms with Crippen molar-refractivity contribution in [3.05, 3.63) is 60.2 Å². The first-order valence-corrected chi connectivity index (χ1v) is 7.38. The van der Waals surface area contributed by atoms with Crippen molar-refractivity contribution in [2.45, 2.75) is 12.7 Å². The van der Waals surface area contributed by atoms with E-state index in [-0.39, 0.29) is 27.5 Å². The Morgan fingerprint density at radius 3 is 2.52 bits per heavy atom. The number of hydrogen-bond donors (Lipinski definition) is 1. The average molecular weight is 383 g/mol. The van der Waals surface area contributed by atoms with Crippen molar-refractivity contribution in [1.29, 1.82) is 0 Å². The van der Waals surface area contributed by atoms with Crippen LogP contribution in [0, 0.1) is 0 Å². The zero-order valence-electron chi connectivity index (χ0n) is 13.3. The van der Waals surface area contributed by atoms with E-state index in [2.05, 4.69) is 20.4 Å². The van der Waals surface area contributed by atoms with Crippen LogP contribution in [-0.2, 0) is 6.18 Å². The lowest BCUT2D eigenvalue weighted by atomic mass is 10.1. The van der Waals surface area contributed by atoms with E-state index in [1.54, 1.807) is 0 Å². The van der Waals surface area contributed by atoms with Gasteiger partial charge in [-0.1, -0.05) is 12.1 Å². The molecule has 1 amide bonds. The van der Waals surface area contributed by atoms with E-state index >= 15 is 0 Å². The maximum absolute atomic E-state index is 12.8. The first-order chi connectivity index (χ1) is 12.8. The van der Waals surface area contributed by atoms with Gasteiger partial charge in [-0.3, -0.25) is 9.78 Å². The Hall–Kier alpha value is -3.37. The average Bonchev–Trinajstić information content (AvgIpc) is 3.12. The van der Waals surface area contributed by atoms with E-state index in [0.29, 0.717) is 0 Å². The molecule has 6 nitrogen and oxygen atoms in total. The van der Waals surface area contributed by atoms with Crippen molar-refractivity contribution < 1.29 is 26.7 Å². The van der Waals surface area contributed by atoms with Crippen LogP contribution in [0.4, 0.5) is 27.8 Å². The number of carbonyl (C=O) groups is 1. The van der Waals surface area contributed by atoms with Gasteiger partial charge < -0.3 is 5.32 Å². The number of aromatic nitrogens is 4. The van der Waals surface area contributed by atoms with Crippen LogP contribution >= 0.6 is 0 Å². The largest absolute Gasteiger partial charge is 0.416 e. The molecule has 0 aliphatic rings. The fourth-order valence-corrected chi connectivity index (χ4v) is 2.23. The van der Waals surface area contributed by atoms with Gasteiger partial charge in [-0.15, -0.1) is 0 Å². The zero-order chi connectivity index (χ0) is 19.6. The summed E-state index contributed by atoms with van der Waals surface area (Å²) in [5.41, 5.74) is -0.879. The minimum absolute atomic E-state index is 0.0576. The van der Waals surface area contributed by atoms with Crippen molar-refractivity contribution in [1.82, 2.24) is 19.7 Å². The maximum Gasteiger partial charge on any atom is 0.416 e. The fourth-order valence-electron chi connectivity index (χ4n) is 2.23. The summed E-state index contributed by atoms with van der Waals surface area (Å²) in [6.45, 7) is -2.99. The van der Waals surface area contributed by atoms with Gasteiger partial charge in [-0.05, 0) is 18.2 Å². The highest BCUT2D eigenvalue weighted by Gasteiger charge is 2.30. The second-order valence-corrected chi connectivity index (χ2v) is 5.26. The number of anilines is 1. The molecule has 1 N–H and O–H groups in total. The number of amides is 1. The number of carbonyl (C=O) groups excluding carboxylic acids is 1. The predicted molar refractivity (Wildman–Crippen MR) is 83.9 cm³/mol. The van der Waals surface area contributed by atoms with Gasteiger partial charge in [0, 0.05) is 11.8 Å². The van der Waals surface area contributed by atoms with Crippen LogP contribution in [0.1, 0.15) is 22.6 Å². The van der Waals surface area contributed by atoms with Crippen LogP contribution in [0.3, 0.4) is 0 Å². The van der Waals surface area contributed by atoms with Gasteiger partial charge in [0.25, 0.3) is 5.91 Å². The van der Waals surface area contributed by atoms with Gasteiger partial charge in [0.1, 0.15) is 5.69 Å². The lowest BCUT2D eigenvalue weighted by Crippen LogP contribution is -2.19. The van der Waals surface area contributed by atoms with Crippen LogP contribution in [0.5, 0.6) is 0 Å². The minimum atomic E-state index is -4.50. The summed E-state index contributed by atoms with van der Waals surface area (Å²) in [6.07, 6.45) is -1.18. The number of rotatable bonds is 4. The molecular formula is C16H10F5N5O. The molecule has 0 fully saturated rings. The number of halogens is 5. The Morgan fingerprint density at radius 1 is 1.11 bits per heavy atom. The molecule has 3 aromatic rings. The molecule has 140 valence electrons. The molecule has 0 unspecified atom stereocenters. The van der Waals surface area contributed by atoms with Crippen molar-refractivity contribution >= 4 is 11.7 Å². The minimum Gasteiger partial charge on any atom is -0.304 e.